The number of hydrogen-bond donors (Lipinski definition) is 2. The first-order chi connectivity index (χ1) is 7.38. The predicted octanol–water partition coefficient (Wildman–Crippen LogP) is 1.95. The molecule has 0 aliphatic rings. The molecule has 0 aromatic heterocycles. The third kappa shape index (κ3) is 4.45. The first-order valence-electron chi connectivity index (χ1n) is 5.80. The molecule has 1 rings (SSSR count). The van der Waals surface area contributed by atoms with Crippen molar-refractivity contribution in [2.45, 2.75) is 26.3 Å². The summed E-state index contributed by atoms with van der Waals surface area (Å²) in [6, 6.07) is 8.65. The van der Waals surface area contributed by atoms with Crippen molar-refractivity contribution < 1.29 is 0 Å². The van der Waals surface area contributed by atoms with E-state index in [0.29, 0.717) is 0 Å². The standard InChI is InChI=1S/C13H22N2/c1-3-12-7-4-5-8-13(12)11-15-10-6-9-14-2/h4-5,7-8,14-15H,3,6,9-11H2,1-2H3. The quantitative estimate of drug-likeness (QED) is 0.666. The van der Waals surface area contributed by atoms with Crippen molar-refractivity contribution in [3.05, 3.63) is 35.4 Å². The lowest BCUT2D eigenvalue weighted by Gasteiger charge is -2.08. The van der Waals surface area contributed by atoms with E-state index in [4.69, 9.17) is 0 Å². The molecule has 84 valence electrons. The second-order valence-electron chi connectivity index (χ2n) is 3.76. The second kappa shape index (κ2) is 7.43. The molecular weight excluding hydrogens is 184 g/mol. The summed E-state index contributed by atoms with van der Waals surface area (Å²) in [5, 5.41) is 6.62. The van der Waals surface area contributed by atoms with Gasteiger partial charge >= 0.3 is 0 Å². The van der Waals surface area contributed by atoms with Gasteiger partial charge in [0.05, 0.1) is 0 Å². The molecule has 0 unspecified atom stereocenters. The molecular formula is C13H22N2. The monoisotopic (exact) mass is 206 g/mol. The summed E-state index contributed by atoms with van der Waals surface area (Å²) in [6.45, 7) is 5.37. The molecule has 15 heavy (non-hydrogen) atoms. The molecule has 2 nitrogen and oxygen atoms in total. The summed E-state index contributed by atoms with van der Waals surface area (Å²) in [5.74, 6) is 0. The Labute approximate surface area is 93.1 Å². The minimum absolute atomic E-state index is 0.994. The van der Waals surface area contributed by atoms with E-state index in [-0.39, 0.29) is 0 Å². The Kier molecular flexibility index (Phi) is 6.05. The van der Waals surface area contributed by atoms with Crippen molar-refractivity contribution in [1.82, 2.24) is 10.6 Å². The van der Waals surface area contributed by atoms with Crippen LogP contribution in [0.2, 0.25) is 0 Å². The molecule has 0 amide bonds. The zero-order valence-corrected chi connectivity index (χ0v) is 9.84. The highest BCUT2D eigenvalue weighted by molar-refractivity contribution is 5.26. The van der Waals surface area contributed by atoms with E-state index in [2.05, 4.69) is 41.8 Å². The molecule has 2 N–H and O–H groups in total. The van der Waals surface area contributed by atoms with Crippen molar-refractivity contribution >= 4 is 0 Å². The number of hydrogen-bond acceptors (Lipinski definition) is 2. The predicted molar refractivity (Wildman–Crippen MR) is 66.1 cm³/mol. The van der Waals surface area contributed by atoms with Gasteiger partial charge in [0, 0.05) is 6.54 Å². The van der Waals surface area contributed by atoms with E-state index in [1.165, 1.54) is 17.5 Å². The topological polar surface area (TPSA) is 24.1 Å². The van der Waals surface area contributed by atoms with Crippen molar-refractivity contribution in [1.29, 1.82) is 0 Å². The van der Waals surface area contributed by atoms with Gasteiger partial charge in [0.25, 0.3) is 0 Å². The van der Waals surface area contributed by atoms with Crippen LogP contribution in [0, 0.1) is 0 Å². The molecule has 0 radical (unpaired) electrons. The largest absolute Gasteiger partial charge is 0.320 e. The van der Waals surface area contributed by atoms with Crippen LogP contribution < -0.4 is 10.6 Å². The Bertz CT molecular complexity index is 271. The maximum absolute atomic E-state index is 3.47. The van der Waals surface area contributed by atoms with Gasteiger partial charge in [-0.05, 0) is 44.1 Å². The number of nitrogens with one attached hydrogen (secondary N) is 2. The summed E-state index contributed by atoms with van der Waals surface area (Å²) < 4.78 is 0. The first kappa shape index (κ1) is 12.2. The van der Waals surface area contributed by atoms with Gasteiger partial charge in [-0.2, -0.15) is 0 Å². The minimum Gasteiger partial charge on any atom is -0.320 e. The van der Waals surface area contributed by atoms with Gasteiger partial charge in [-0.25, -0.2) is 0 Å². The fourth-order valence-electron chi connectivity index (χ4n) is 1.69. The van der Waals surface area contributed by atoms with Gasteiger partial charge < -0.3 is 10.6 Å². The molecule has 1 aromatic rings. The summed E-state index contributed by atoms with van der Waals surface area (Å²) in [4.78, 5) is 0. The average molecular weight is 206 g/mol. The Balaban J connectivity index is 2.30. The van der Waals surface area contributed by atoms with E-state index in [1.807, 2.05) is 7.05 Å². The van der Waals surface area contributed by atoms with E-state index in [0.717, 1.165) is 26.1 Å². The van der Waals surface area contributed by atoms with Crippen LogP contribution in [-0.4, -0.2) is 20.1 Å². The van der Waals surface area contributed by atoms with E-state index >= 15 is 0 Å². The zero-order valence-electron chi connectivity index (χ0n) is 9.84. The molecule has 0 aliphatic heterocycles. The van der Waals surface area contributed by atoms with Crippen molar-refractivity contribution in [3.8, 4) is 0 Å². The Hall–Kier alpha value is -0.860. The van der Waals surface area contributed by atoms with Gasteiger partial charge in [0.15, 0.2) is 0 Å². The Morgan fingerprint density at radius 3 is 2.47 bits per heavy atom. The van der Waals surface area contributed by atoms with Gasteiger partial charge in [0.1, 0.15) is 0 Å². The Morgan fingerprint density at radius 1 is 1.07 bits per heavy atom. The number of rotatable bonds is 7. The molecule has 0 heterocycles. The fourth-order valence-corrected chi connectivity index (χ4v) is 1.69. The molecule has 1 aromatic carbocycles. The van der Waals surface area contributed by atoms with E-state index < -0.39 is 0 Å². The van der Waals surface area contributed by atoms with Crippen molar-refractivity contribution in [2.75, 3.05) is 20.1 Å². The van der Waals surface area contributed by atoms with Crippen molar-refractivity contribution in [3.63, 3.8) is 0 Å². The van der Waals surface area contributed by atoms with Crippen LogP contribution in [0.1, 0.15) is 24.5 Å². The van der Waals surface area contributed by atoms with Crippen LogP contribution in [0.15, 0.2) is 24.3 Å². The number of benzene rings is 1. The highest BCUT2D eigenvalue weighted by atomic mass is 14.9. The molecule has 0 fully saturated rings. The zero-order chi connectivity index (χ0) is 10.9. The van der Waals surface area contributed by atoms with Crippen LogP contribution in [0.4, 0.5) is 0 Å². The fraction of sp³-hybridized carbons (Fsp3) is 0.538. The van der Waals surface area contributed by atoms with Crippen LogP contribution in [-0.2, 0) is 13.0 Å². The molecule has 0 aliphatic carbocycles. The number of aryl methyl sites for hydroxylation is 1. The summed E-state index contributed by atoms with van der Waals surface area (Å²) in [6.07, 6.45) is 2.30. The lowest BCUT2D eigenvalue weighted by atomic mass is 10.1. The van der Waals surface area contributed by atoms with Gasteiger partial charge in [-0.3, -0.25) is 0 Å². The minimum atomic E-state index is 0.994. The highest BCUT2D eigenvalue weighted by Crippen LogP contribution is 2.08. The lowest BCUT2D eigenvalue weighted by molar-refractivity contribution is 0.623. The lowest BCUT2D eigenvalue weighted by Crippen LogP contribution is -2.19. The summed E-state index contributed by atoms with van der Waals surface area (Å²) in [5.41, 5.74) is 2.89. The molecule has 0 atom stereocenters. The van der Waals surface area contributed by atoms with Crippen LogP contribution >= 0.6 is 0 Å². The second-order valence-corrected chi connectivity index (χ2v) is 3.76. The van der Waals surface area contributed by atoms with Gasteiger partial charge in [-0.1, -0.05) is 31.2 Å². The van der Waals surface area contributed by atoms with Gasteiger partial charge in [0.2, 0.25) is 0 Å². The third-order valence-corrected chi connectivity index (χ3v) is 2.60. The molecule has 0 saturated carbocycles. The van der Waals surface area contributed by atoms with E-state index in [9.17, 15) is 0 Å². The van der Waals surface area contributed by atoms with Gasteiger partial charge in [-0.15, -0.1) is 0 Å². The smallest absolute Gasteiger partial charge is 0.0208 e. The van der Waals surface area contributed by atoms with Crippen molar-refractivity contribution in [2.24, 2.45) is 0 Å². The molecule has 0 saturated heterocycles. The molecule has 0 spiro atoms. The maximum Gasteiger partial charge on any atom is 0.0208 e. The normalized spacial score (nSPS) is 10.5. The Morgan fingerprint density at radius 2 is 1.80 bits per heavy atom. The summed E-state index contributed by atoms with van der Waals surface area (Å²) in [7, 11) is 1.99. The van der Waals surface area contributed by atoms with Crippen LogP contribution in [0.5, 0.6) is 0 Å². The third-order valence-electron chi connectivity index (χ3n) is 2.60. The highest BCUT2D eigenvalue weighted by Gasteiger charge is 1.98. The van der Waals surface area contributed by atoms with Crippen LogP contribution in [0.25, 0.3) is 0 Å². The van der Waals surface area contributed by atoms with Crippen LogP contribution in [0.3, 0.4) is 0 Å². The SMILES string of the molecule is CCc1ccccc1CNCCCNC. The average Bonchev–Trinajstić information content (AvgIpc) is 2.29. The first-order valence-corrected chi connectivity index (χ1v) is 5.80. The molecule has 2 heteroatoms. The molecule has 0 bridgehead atoms. The summed E-state index contributed by atoms with van der Waals surface area (Å²) >= 11 is 0. The maximum atomic E-state index is 3.47. The van der Waals surface area contributed by atoms with E-state index in [1.54, 1.807) is 0 Å².